The molecule has 0 fully saturated rings. The number of carbonyl (C=O) groups is 4. The molecule has 2 aromatic carbocycles. The fourth-order valence-corrected chi connectivity index (χ4v) is 28.7. The van der Waals surface area contributed by atoms with Gasteiger partial charge in [-0.1, -0.05) is 67.1 Å². The molecule has 0 saturated carbocycles. The summed E-state index contributed by atoms with van der Waals surface area (Å²) in [7, 11) is -9.38. The van der Waals surface area contributed by atoms with Gasteiger partial charge in [0.15, 0.2) is 34.0 Å². The number of Topliss-reactive ketones (excluding diaryl/α,β-unsaturated/α-hetero) is 2. The third-order valence-electron chi connectivity index (χ3n) is 5.93. The maximum atomic E-state index is 11.9. The van der Waals surface area contributed by atoms with E-state index in [4.69, 9.17) is 26.3 Å². The number of carboxylic acid groups (broad SMARTS) is 1. The van der Waals surface area contributed by atoms with E-state index in [2.05, 4.69) is 91.7 Å². The monoisotopic (exact) mass is 886 g/mol. The van der Waals surface area contributed by atoms with Crippen LogP contribution >= 0.6 is 0 Å². The van der Waals surface area contributed by atoms with Gasteiger partial charge in [0, 0.05) is 43.8 Å². The zero-order valence-corrected chi connectivity index (χ0v) is 42.1. The molecule has 284 valence electrons. The normalized spacial score (nSPS) is 12.0. The average Bonchev–Trinajstić information content (AvgIpc) is 2.93. The van der Waals surface area contributed by atoms with Crippen molar-refractivity contribution in [2.75, 3.05) is 6.61 Å². The number of benzene rings is 2. The van der Waals surface area contributed by atoms with E-state index >= 15 is 0 Å². The SMILES string of the molecule is C[Si](C)(C)O[Si](C)(C)O[Si](C)(C)CCCCOC(=O)C(=O)c1ccccc1.C[Si](C)O[Si](C)(C)O[Si](C)(C)C.O=C(O)C(=O)c1ccccc1.[Y]. The number of aliphatic carboxylic acids is 1. The molecular weight excluding hydrogens is 826 g/mol. The third kappa shape index (κ3) is 27.2. The Morgan fingerprint density at radius 2 is 1.02 bits per heavy atom. The Kier molecular flexibility index (Phi) is 24.2. The largest absolute Gasteiger partial charge is 0.475 e. The van der Waals surface area contributed by atoms with E-state index in [1.807, 2.05) is 0 Å². The summed E-state index contributed by atoms with van der Waals surface area (Å²) >= 11 is 0. The zero-order chi connectivity index (χ0) is 39.0. The van der Waals surface area contributed by atoms with Crippen molar-refractivity contribution in [3.63, 3.8) is 0 Å². The Balaban J connectivity index is 0. The van der Waals surface area contributed by atoms with Gasteiger partial charge < -0.3 is 26.3 Å². The Hall–Kier alpha value is -1.03. The summed E-state index contributed by atoms with van der Waals surface area (Å²) in [6.45, 7) is 30.7. The van der Waals surface area contributed by atoms with Crippen LogP contribution < -0.4 is 0 Å². The van der Waals surface area contributed by atoms with Crippen LogP contribution in [0.15, 0.2) is 60.7 Å². The van der Waals surface area contributed by atoms with E-state index < -0.39 is 74.6 Å². The number of ketones is 2. The van der Waals surface area contributed by atoms with Gasteiger partial charge >= 0.3 is 29.1 Å². The van der Waals surface area contributed by atoms with Crippen molar-refractivity contribution in [1.82, 2.24) is 0 Å². The van der Waals surface area contributed by atoms with Gasteiger partial charge in [-0.2, -0.15) is 0 Å². The molecule has 0 atom stereocenters. The minimum absolute atomic E-state index is 0. The predicted molar refractivity (Wildman–Crippen MR) is 215 cm³/mol. The van der Waals surface area contributed by atoms with Gasteiger partial charge in [0.25, 0.3) is 11.6 Å². The molecule has 0 unspecified atom stereocenters. The first-order chi connectivity index (χ1) is 22.7. The first-order valence-electron chi connectivity index (χ1n) is 16.8. The summed E-state index contributed by atoms with van der Waals surface area (Å²) in [5, 5.41) is 8.29. The molecule has 2 radical (unpaired) electrons. The van der Waals surface area contributed by atoms with Crippen LogP contribution in [-0.2, 0) is 63.5 Å². The van der Waals surface area contributed by atoms with Gasteiger partial charge in [0.1, 0.15) is 0 Å². The van der Waals surface area contributed by atoms with Gasteiger partial charge in [-0.3, -0.25) is 9.59 Å². The van der Waals surface area contributed by atoms with Crippen LogP contribution in [0.4, 0.5) is 0 Å². The van der Waals surface area contributed by atoms with Crippen molar-refractivity contribution in [2.45, 2.75) is 111 Å². The first kappa shape index (κ1) is 52.1. The van der Waals surface area contributed by atoms with Crippen molar-refractivity contribution in [2.24, 2.45) is 0 Å². The van der Waals surface area contributed by atoms with Crippen LogP contribution in [0.25, 0.3) is 0 Å². The second-order valence-corrected chi connectivity index (χ2v) is 38.5. The van der Waals surface area contributed by atoms with Gasteiger partial charge in [0.2, 0.25) is 0 Å². The molecule has 0 saturated heterocycles. The molecule has 17 heteroatoms. The Morgan fingerprint density at radius 1 is 0.608 bits per heavy atom. The number of carboxylic acids is 1. The molecule has 0 spiro atoms. The average molecular weight is 887 g/mol. The molecule has 0 aliphatic rings. The number of carbonyl (C=O) groups excluding carboxylic acids is 3. The molecule has 0 aliphatic heterocycles. The van der Waals surface area contributed by atoms with Crippen molar-refractivity contribution in [3.05, 3.63) is 71.8 Å². The summed E-state index contributed by atoms with van der Waals surface area (Å²) in [4.78, 5) is 44.7. The van der Waals surface area contributed by atoms with E-state index in [1.54, 1.807) is 48.5 Å². The number of hydrogen-bond donors (Lipinski definition) is 1. The summed E-state index contributed by atoms with van der Waals surface area (Å²) in [5.74, 6) is -3.67. The molecule has 2 rings (SSSR count). The maximum Gasteiger partial charge on any atom is 0.379 e. The quantitative estimate of drug-likeness (QED) is 0.0541. The summed E-state index contributed by atoms with van der Waals surface area (Å²) in [6, 6.07) is 17.4. The molecule has 0 heterocycles. The molecule has 10 nitrogen and oxygen atoms in total. The van der Waals surface area contributed by atoms with Gasteiger partial charge in [-0.25, -0.2) is 9.59 Å². The minimum atomic E-state index is -2.12. The van der Waals surface area contributed by atoms with Crippen LogP contribution in [-0.4, -0.2) is 86.3 Å². The van der Waals surface area contributed by atoms with Crippen molar-refractivity contribution in [1.29, 1.82) is 0 Å². The summed E-state index contributed by atoms with van der Waals surface area (Å²) < 4.78 is 29.7. The summed E-state index contributed by atoms with van der Waals surface area (Å²) in [6.07, 6.45) is 1.63. The van der Waals surface area contributed by atoms with Crippen LogP contribution in [0, 0.1) is 0 Å². The zero-order valence-electron chi connectivity index (χ0n) is 33.3. The fourth-order valence-electron chi connectivity index (χ4n) is 5.03. The molecule has 0 bridgehead atoms. The van der Waals surface area contributed by atoms with E-state index in [0.29, 0.717) is 5.56 Å². The standard InChI is InChI=1S/C19H34O5Si3.C8H6O3.C7H21O2Si3.Y/c1-25(2,3)23-27(6,7)24-26(4,5)16-12-11-15-22-19(21)18(20)17-13-9-8-10-14-17;9-7(8(10)11)6-4-2-1-3-5-6;1-10(2)8-12(6,7)9-11(3,4)5;/h8-10,13-14H,11-12,15-16H2,1-7H3;1-5H,(H,10,11);1-7H3;. The molecule has 0 aliphatic carbocycles. The molecular formula is C34H61O10Si6Y. The third-order valence-corrected chi connectivity index (χ3v) is 24.1. The van der Waals surface area contributed by atoms with Crippen LogP contribution in [0.5, 0.6) is 0 Å². The number of unbranched alkanes of at least 4 members (excludes halogenated alkanes) is 1. The summed E-state index contributed by atoms with van der Waals surface area (Å²) in [5.41, 5.74) is 0.569. The van der Waals surface area contributed by atoms with Gasteiger partial charge in [0.05, 0.1) is 6.61 Å². The second-order valence-electron chi connectivity index (χ2n) is 15.4. The Bertz CT molecular complexity index is 1350. The topological polar surface area (TPSA) is 135 Å². The van der Waals surface area contributed by atoms with E-state index in [-0.39, 0.29) is 44.9 Å². The van der Waals surface area contributed by atoms with Crippen LogP contribution in [0.2, 0.25) is 97.7 Å². The Labute approximate surface area is 339 Å². The van der Waals surface area contributed by atoms with Crippen LogP contribution in [0.1, 0.15) is 33.6 Å². The number of hydrogen-bond acceptors (Lipinski definition) is 9. The molecule has 0 aromatic heterocycles. The minimum Gasteiger partial charge on any atom is -0.475 e. The molecule has 2 aromatic rings. The Morgan fingerprint density at radius 3 is 1.41 bits per heavy atom. The smallest absolute Gasteiger partial charge is 0.379 e. The molecule has 51 heavy (non-hydrogen) atoms. The van der Waals surface area contributed by atoms with Crippen molar-refractivity contribution < 1.29 is 78.2 Å². The predicted octanol–water partition coefficient (Wildman–Crippen LogP) is 8.73. The first-order valence-corrected chi connectivity index (χ1v) is 34.8. The second kappa shape index (κ2) is 23.7. The maximum absolute atomic E-state index is 11.9. The molecule has 1 N–H and O–H groups in total. The number of ether oxygens (including phenoxy) is 1. The van der Waals surface area contributed by atoms with Gasteiger partial charge in [-0.05, 0) is 104 Å². The van der Waals surface area contributed by atoms with E-state index in [9.17, 15) is 19.2 Å². The van der Waals surface area contributed by atoms with E-state index in [0.717, 1.165) is 18.9 Å². The number of rotatable bonds is 17. The van der Waals surface area contributed by atoms with E-state index in [1.165, 1.54) is 12.1 Å². The van der Waals surface area contributed by atoms with Crippen molar-refractivity contribution >= 4 is 74.6 Å². The fraction of sp³-hybridized carbons (Fsp3) is 0.529. The molecule has 0 amide bonds. The van der Waals surface area contributed by atoms with Crippen LogP contribution in [0.3, 0.4) is 0 Å². The number of esters is 1. The van der Waals surface area contributed by atoms with Gasteiger partial charge in [-0.15, -0.1) is 0 Å². The van der Waals surface area contributed by atoms with Crippen molar-refractivity contribution in [3.8, 4) is 0 Å².